The SMILES string of the molecule is O=C(CC(=S)NC1CCC2(CC1)OCCO2)c1ccc(F)cc1. The molecule has 1 aromatic carbocycles. The number of halogens is 1. The van der Waals surface area contributed by atoms with Gasteiger partial charge in [-0.3, -0.25) is 4.79 Å². The zero-order chi connectivity index (χ0) is 16.3. The van der Waals surface area contributed by atoms with Gasteiger partial charge in [0, 0.05) is 24.4 Å². The van der Waals surface area contributed by atoms with Crippen LogP contribution in [0.2, 0.25) is 0 Å². The molecule has 1 saturated carbocycles. The van der Waals surface area contributed by atoms with E-state index in [2.05, 4.69) is 5.32 Å². The van der Waals surface area contributed by atoms with E-state index < -0.39 is 0 Å². The zero-order valence-corrected chi connectivity index (χ0v) is 13.7. The molecule has 3 rings (SSSR count). The van der Waals surface area contributed by atoms with Crippen LogP contribution in [0.1, 0.15) is 42.5 Å². The average Bonchev–Trinajstić information content (AvgIpc) is 2.99. The van der Waals surface area contributed by atoms with Crippen LogP contribution >= 0.6 is 12.2 Å². The van der Waals surface area contributed by atoms with E-state index in [1.165, 1.54) is 24.3 Å². The molecule has 23 heavy (non-hydrogen) atoms. The van der Waals surface area contributed by atoms with Crippen molar-refractivity contribution in [2.24, 2.45) is 0 Å². The van der Waals surface area contributed by atoms with E-state index in [0.29, 0.717) is 23.8 Å². The van der Waals surface area contributed by atoms with E-state index in [0.717, 1.165) is 25.7 Å². The van der Waals surface area contributed by atoms with Gasteiger partial charge in [-0.25, -0.2) is 4.39 Å². The highest BCUT2D eigenvalue weighted by Gasteiger charge is 2.40. The molecule has 2 aliphatic rings. The van der Waals surface area contributed by atoms with E-state index in [1.807, 2.05) is 0 Å². The normalized spacial score (nSPS) is 20.6. The number of thiocarbonyl (C=S) groups is 1. The van der Waals surface area contributed by atoms with Gasteiger partial charge in [0.2, 0.25) is 0 Å². The Balaban J connectivity index is 1.46. The maximum Gasteiger partial charge on any atom is 0.169 e. The number of carbonyl (C=O) groups is 1. The van der Waals surface area contributed by atoms with Gasteiger partial charge in [-0.05, 0) is 37.1 Å². The molecule has 124 valence electrons. The number of benzene rings is 1. The second-order valence-corrected chi connectivity index (χ2v) is 6.55. The predicted octanol–water partition coefficient (Wildman–Crippen LogP) is 3.00. The van der Waals surface area contributed by atoms with E-state index in [9.17, 15) is 9.18 Å². The molecule has 1 N–H and O–H groups in total. The molecular formula is C17H20FNO3S. The number of hydrogen-bond acceptors (Lipinski definition) is 4. The molecule has 0 aromatic heterocycles. The van der Waals surface area contributed by atoms with Crippen LogP contribution in [0.25, 0.3) is 0 Å². The summed E-state index contributed by atoms with van der Waals surface area (Å²) in [5, 5.41) is 3.26. The van der Waals surface area contributed by atoms with Crippen LogP contribution in [0, 0.1) is 5.82 Å². The molecule has 2 fully saturated rings. The third-order valence-corrected chi connectivity index (χ3v) is 4.68. The Morgan fingerprint density at radius 1 is 1.22 bits per heavy atom. The molecule has 1 heterocycles. The number of Topliss-reactive ketones (excluding diaryl/α,β-unsaturated/α-hetero) is 1. The van der Waals surface area contributed by atoms with Crippen molar-refractivity contribution in [1.29, 1.82) is 0 Å². The largest absolute Gasteiger partial charge is 0.377 e. The monoisotopic (exact) mass is 337 g/mol. The van der Waals surface area contributed by atoms with Crippen LogP contribution in [0.5, 0.6) is 0 Å². The Bertz CT molecular complexity index is 574. The summed E-state index contributed by atoms with van der Waals surface area (Å²) in [5.41, 5.74) is 0.478. The Hall–Kier alpha value is -1.37. The highest BCUT2D eigenvalue weighted by molar-refractivity contribution is 7.80. The Kier molecular flexibility index (Phi) is 5.04. The van der Waals surface area contributed by atoms with Crippen LogP contribution in [0.15, 0.2) is 24.3 Å². The fourth-order valence-corrected chi connectivity index (χ4v) is 3.45. The lowest BCUT2D eigenvalue weighted by Gasteiger charge is -2.36. The van der Waals surface area contributed by atoms with E-state index in [1.54, 1.807) is 0 Å². The molecule has 0 radical (unpaired) electrons. The number of ketones is 1. The molecule has 1 saturated heterocycles. The highest BCUT2D eigenvalue weighted by atomic mass is 32.1. The summed E-state index contributed by atoms with van der Waals surface area (Å²) < 4.78 is 24.3. The lowest BCUT2D eigenvalue weighted by Crippen LogP contribution is -2.43. The van der Waals surface area contributed by atoms with Gasteiger partial charge >= 0.3 is 0 Å². The van der Waals surface area contributed by atoms with Gasteiger partial charge in [0.25, 0.3) is 0 Å². The highest BCUT2D eigenvalue weighted by Crippen LogP contribution is 2.35. The van der Waals surface area contributed by atoms with Crippen molar-refractivity contribution >= 4 is 23.0 Å². The molecule has 0 amide bonds. The van der Waals surface area contributed by atoms with Gasteiger partial charge in [-0.2, -0.15) is 0 Å². The first-order chi connectivity index (χ1) is 11.1. The minimum absolute atomic E-state index is 0.0998. The number of ether oxygens (including phenoxy) is 2. The first-order valence-electron chi connectivity index (χ1n) is 7.92. The van der Waals surface area contributed by atoms with Crippen molar-refractivity contribution in [1.82, 2.24) is 5.32 Å². The maximum absolute atomic E-state index is 12.9. The first kappa shape index (κ1) is 16.5. The molecule has 0 bridgehead atoms. The van der Waals surface area contributed by atoms with Crippen molar-refractivity contribution in [3.8, 4) is 0 Å². The topological polar surface area (TPSA) is 47.6 Å². The van der Waals surface area contributed by atoms with Gasteiger partial charge in [0.05, 0.1) is 24.6 Å². The second-order valence-electron chi connectivity index (χ2n) is 6.06. The predicted molar refractivity (Wildman–Crippen MR) is 88.0 cm³/mol. The van der Waals surface area contributed by atoms with Crippen molar-refractivity contribution in [3.63, 3.8) is 0 Å². The third kappa shape index (κ3) is 4.13. The van der Waals surface area contributed by atoms with Crippen LogP contribution in [-0.4, -0.2) is 35.8 Å². The summed E-state index contributed by atoms with van der Waals surface area (Å²) >= 11 is 5.29. The molecule has 0 unspecified atom stereocenters. The van der Waals surface area contributed by atoms with Gasteiger partial charge < -0.3 is 14.8 Å². The summed E-state index contributed by atoms with van der Waals surface area (Å²) in [6, 6.07) is 5.79. The number of nitrogens with one attached hydrogen (secondary N) is 1. The Morgan fingerprint density at radius 3 is 2.43 bits per heavy atom. The summed E-state index contributed by atoms with van der Waals surface area (Å²) in [6.07, 6.45) is 3.66. The minimum atomic E-state index is -0.385. The third-order valence-electron chi connectivity index (χ3n) is 4.41. The van der Waals surface area contributed by atoms with E-state index in [4.69, 9.17) is 21.7 Å². The quantitative estimate of drug-likeness (QED) is 0.676. The molecule has 1 aromatic rings. The fourth-order valence-electron chi connectivity index (χ4n) is 3.15. The number of hydrogen-bond donors (Lipinski definition) is 1. The van der Waals surface area contributed by atoms with Crippen LogP contribution < -0.4 is 5.32 Å². The van der Waals surface area contributed by atoms with Gasteiger partial charge in [-0.15, -0.1) is 0 Å². The smallest absolute Gasteiger partial charge is 0.169 e. The zero-order valence-electron chi connectivity index (χ0n) is 12.8. The second kappa shape index (κ2) is 7.03. The van der Waals surface area contributed by atoms with Crippen molar-refractivity contribution in [3.05, 3.63) is 35.6 Å². The lowest BCUT2D eigenvalue weighted by atomic mass is 9.90. The summed E-state index contributed by atoms with van der Waals surface area (Å²) in [7, 11) is 0. The fraction of sp³-hybridized carbons (Fsp3) is 0.529. The lowest BCUT2D eigenvalue weighted by molar-refractivity contribution is -0.179. The summed E-state index contributed by atoms with van der Waals surface area (Å²) in [4.78, 5) is 12.7. The average molecular weight is 337 g/mol. The van der Waals surface area contributed by atoms with E-state index in [-0.39, 0.29) is 29.9 Å². The standard InChI is InChI=1S/C17H20FNO3S/c18-13-3-1-12(2-4-13)15(20)11-16(23)19-14-5-7-17(8-6-14)21-9-10-22-17/h1-4,14H,5-11H2,(H,19,23). The first-order valence-corrected chi connectivity index (χ1v) is 8.33. The number of rotatable bonds is 4. The molecule has 0 atom stereocenters. The van der Waals surface area contributed by atoms with Crippen LogP contribution in [0.3, 0.4) is 0 Å². The summed E-state index contributed by atoms with van der Waals surface area (Å²) in [6.45, 7) is 1.34. The van der Waals surface area contributed by atoms with E-state index >= 15 is 0 Å². The molecule has 1 spiro atoms. The molecule has 4 nitrogen and oxygen atoms in total. The minimum Gasteiger partial charge on any atom is -0.377 e. The van der Waals surface area contributed by atoms with Crippen molar-refractivity contribution < 1.29 is 18.7 Å². The molecule has 1 aliphatic heterocycles. The van der Waals surface area contributed by atoms with Gasteiger partial charge in [-0.1, -0.05) is 12.2 Å². The van der Waals surface area contributed by atoms with Crippen LogP contribution in [0.4, 0.5) is 4.39 Å². The van der Waals surface area contributed by atoms with Gasteiger partial charge in [0.1, 0.15) is 5.82 Å². The van der Waals surface area contributed by atoms with Crippen molar-refractivity contribution in [2.45, 2.75) is 43.9 Å². The molecular weight excluding hydrogens is 317 g/mol. The molecule has 1 aliphatic carbocycles. The van der Waals surface area contributed by atoms with Crippen LogP contribution in [-0.2, 0) is 9.47 Å². The number of carbonyl (C=O) groups excluding carboxylic acids is 1. The van der Waals surface area contributed by atoms with Gasteiger partial charge in [0.15, 0.2) is 11.6 Å². The molecule has 6 heteroatoms. The maximum atomic E-state index is 12.9. The summed E-state index contributed by atoms with van der Waals surface area (Å²) in [5.74, 6) is -0.837. The Morgan fingerprint density at radius 2 is 1.83 bits per heavy atom. The van der Waals surface area contributed by atoms with Crippen molar-refractivity contribution in [2.75, 3.05) is 13.2 Å². The Labute approximate surface area is 140 Å².